The van der Waals surface area contributed by atoms with E-state index in [2.05, 4.69) is 21.0 Å². The van der Waals surface area contributed by atoms with Crippen LogP contribution in [0.25, 0.3) is 0 Å². The predicted octanol–water partition coefficient (Wildman–Crippen LogP) is 2.61. The normalized spacial score (nSPS) is 10.4. The van der Waals surface area contributed by atoms with Crippen LogP contribution in [0.5, 0.6) is 0 Å². The molecule has 82 valence electrons. The van der Waals surface area contributed by atoms with Gasteiger partial charge in [-0.15, -0.1) is 0 Å². The fourth-order valence-corrected chi connectivity index (χ4v) is 1.71. The number of rotatable bonds is 3. The zero-order chi connectivity index (χ0) is 11.5. The minimum atomic E-state index is 0.0444. The molecule has 0 saturated carbocycles. The Labute approximate surface area is 102 Å². The lowest BCUT2D eigenvalue weighted by molar-refractivity contribution is 0.0987. The number of carbonyl (C=O) groups excluding carboxylic acids is 1. The number of halogens is 1. The first kappa shape index (κ1) is 11.1. The van der Waals surface area contributed by atoms with Crippen molar-refractivity contribution in [2.45, 2.75) is 6.42 Å². The number of carbonyl (C=O) groups is 1. The smallest absolute Gasteiger partial charge is 0.187 e. The second-order valence-corrected chi connectivity index (χ2v) is 4.52. The summed E-state index contributed by atoms with van der Waals surface area (Å²) in [5.41, 5.74) is 1.52. The summed E-state index contributed by atoms with van der Waals surface area (Å²) in [6.07, 6.45) is 2.17. The highest BCUT2D eigenvalue weighted by molar-refractivity contribution is 9.10. The van der Waals surface area contributed by atoms with Crippen LogP contribution in [0.4, 0.5) is 0 Å². The summed E-state index contributed by atoms with van der Waals surface area (Å²) >= 11 is 3.36. The fourth-order valence-electron chi connectivity index (χ4n) is 1.44. The molecule has 0 spiro atoms. The van der Waals surface area contributed by atoms with Crippen molar-refractivity contribution in [2.24, 2.45) is 7.05 Å². The van der Waals surface area contributed by atoms with Crippen LogP contribution >= 0.6 is 15.9 Å². The van der Waals surface area contributed by atoms with Gasteiger partial charge in [-0.25, -0.2) is 0 Å². The van der Waals surface area contributed by atoms with Gasteiger partial charge in [-0.3, -0.25) is 9.48 Å². The van der Waals surface area contributed by atoms with Gasteiger partial charge >= 0.3 is 0 Å². The molecule has 0 amide bonds. The number of benzene rings is 1. The maximum Gasteiger partial charge on any atom is 0.187 e. The molecular weight excluding hydrogens is 268 g/mol. The summed E-state index contributed by atoms with van der Waals surface area (Å²) in [7, 11) is 1.80. The monoisotopic (exact) mass is 278 g/mol. The maximum atomic E-state index is 11.8. The summed E-state index contributed by atoms with van der Waals surface area (Å²) < 4.78 is 2.65. The van der Waals surface area contributed by atoms with E-state index in [1.807, 2.05) is 24.3 Å². The number of hydrogen-bond donors (Lipinski definition) is 0. The highest BCUT2D eigenvalue weighted by Gasteiger charge is 2.09. The second-order valence-electron chi connectivity index (χ2n) is 3.60. The van der Waals surface area contributed by atoms with E-state index in [4.69, 9.17) is 0 Å². The standard InChI is InChI=1S/C12H11BrN2O/c1-15-7-6-11(14-15)12(16)8-9-2-4-10(13)5-3-9/h2-7H,8H2,1H3. The first-order valence-electron chi connectivity index (χ1n) is 4.92. The average Bonchev–Trinajstić information content (AvgIpc) is 2.68. The number of hydrogen-bond acceptors (Lipinski definition) is 2. The first-order valence-corrected chi connectivity index (χ1v) is 5.72. The van der Waals surface area contributed by atoms with Crippen molar-refractivity contribution in [3.8, 4) is 0 Å². The van der Waals surface area contributed by atoms with Crippen LogP contribution in [-0.2, 0) is 13.5 Å². The molecule has 2 rings (SSSR count). The number of Topliss-reactive ketones (excluding diaryl/α,β-unsaturated/α-hetero) is 1. The molecule has 3 nitrogen and oxygen atoms in total. The largest absolute Gasteiger partial charge is 0.292 e. The van der Waals surface area contributed by atoms with E-state index >= 15 is 0 Å². The molecule has 1 aromatic carbocycles. The third kappa shape index (κ3) is 2.58. The van der Waals surface area contributed by atoms with Crippen molar-refractivity contribution in [1.29, 1.82) is 0 Å². The Morgan fingerprint density at radius 3 is 2.56 bits per heavy atom. The lowest BCUT2D eigenvalue weighted by Gasteiger charge is -1.99. The van der Waals surface area contributed by atoms with Crippen molar-refractivity contribution >= 4 is 21.7 Å². The third-order valence-electron chi connectivity index (χ3n) is 2.28. The van der Waals surface area contributed by atoms with Gasteiger partial charge in [-0.1, -0.05) is 28.1 Å². The van der Waals surface area contributed by atoms with Crippen LogP contribution in [-0.4, -0.2) is 15.6 Å². The Balaban J connectivity index is 2.10. The third-order valence-corrected chi connectivity index (χ3v) is 2.81. The molecule has 0 fully saturated rings. The van der Waals surface area contributed by atoms with Gasteiger partial charge < -0.3 is 0 Å². The molecule has 0 aliphatic rings. The van der Waals surface area contributed by atoms with E-state index in [-0.39, 0.29) is 5.78 Å². The van der Waals surface area contributed by atoms with E-state index < -0.39 is 0 Å². The molecule has 0 aliphatic carbocycles. The molecule has 0 bridgehead atoms. The Kier molecular flexibility index (Phi) is 3.19. The molecule has 4 heteroatoms. The Morgan fingerprint density at radius 2 is 2.00 bits per heavy atom. The van der Waals surface area contributed by atoms with Gasteiger partial charge in [0, 0.05) is 24.1 Å². The van der Waals surface area contributed by atoms with Crippen molar-refractivity contribution in [3.05, 3.63) is 52.3 Å². The van der Waals surface area contributed by atoms with Crippen LogP contribution in [0, 0.1) is 0 Å². The van der Waals surface area contributed by atoms with Crippen molar-refractivity contribution in [3.63, 3.8) is 0 Å². The minimum absolute atomic E-state index is 0.0444. The van der Waals surface area contributed by atoms with Crippen LogP contribution < -0.4 is 0 Å². The van der Waals surface area contributed by atoms with Gasteiger partial charge in [0.15, 0.2) is 5.78 Å². The molecule has 0 saturated heterocycles. The van der Waals surface area contributed by atoms with Crippen molar-refractivity contribution in [2.75, 3.05) is 0 Å². The van der Waals surface area contributed by atoms with Crippen LogP contribution in [0.1, 0.15) is 16.1 Å². The first-order chi connectivity index (χ1) is 7.65. The number of aryl methyl sites for hydroxylation is 1. The molecule has 1 heterocycles. The van der Waals surface area contributed by atoms with Gasteiger partial charge in [0.1, 0.15) is 5.69 Å². The minimum Gasteiger partial charge on any atom is -0.292 e. The van der Waals surface area contributed by atoms with Crippen LogP contribution in [0.15, 0.2) is 41.0 Å². The molecule has 0 aliphatic heterocycles. The average molecular weight is 279 g/mol. The Morgan fingerprint density at radius 1 is 1.31 bits per heavy atom. The molecule has 0 atom stereocenters. The van der Waals surface area contributed by atoms with Crippen molar-refractivity contribution in [1.82, 2.24) is 9.78 Å². The van der Waals surface area contributed by atoms with Gasteiger partial charge in [0.2, 0.25) is 0 Å². The fraction of sp³-hybridized carbons (Fsp3) is 0.167. The lowest BCUT2D eigenvalue weighted by Crippen LogP contribution is -2.05. The SMILES string of the molecule is Cn1ccc(C(=O)Cc2ccc(Br)cc2)n1. The van der Waals surface area contributed by atoms with E-state index in [1.165, 1.54) is 0 Å². The van der Waals surface area contributed by atoms with Gasteiger partial charge in [-0.2, -0.15) is 5.10 Å². The Bertz CT molecular complexity index is 502. The zero-order valence-electron chi connectivity index (χ0n) is 8.85. The number of ketones is 1. The maximum absolute atomic E-state index is 11.8. The topological polar surface area (TPSA) is 34.9 Å². The molecule has 2 aromatic rings. The quantitative estimate of drug-likeness (QED) is 0.809. The highest BCUT2D eigenvalue weighted by atomic mass is 79.9. The molecular formula is C12H11BrN2O. The Hall–Kier alpha value is -1.42. The van der Waals surface area contributed by atoms with E-state index in [1.54, 1.807) is 24.0 Å². The van der Waals surface area contributed by atoms with Crippen LogP contribution in [0.3, 0.4) is 0 Å². The van der Waals surface area contributed by atoms with Gasteiger partial charge in [0.05, 0.1) is 0 Å². The van der Waals surface area contributed by atoms with Crippen molar-refractivity contribution < 1.29 is 4.79 Å². The van der Waals surface area contributed by atoms with E-state index in [0.717, 1.165) is 10.0 Å². The highest BCUT2D eigenvalue weighted by Crippen LogP contribution is 2.12. The lowest BCUT2D eigenvalue weighted by atomic mass is 10.1. The summed E-state index contributed by atoms with van der Waals surface area (Å²) in [6.45, 7) is 0. The van der Waals surface area contributed by atoms with Gasteiger partial charge in [0.25, 0.3) is 0 Å². The number of nitrogens with zero attached hydrogens (tertiary/aromatic N) is 2. The number of aromatic nitrogens is 2. The molecule has 0 unspecified atom stereocenters. The summed E-state index contributed by atoms with van der Waals surface area (Å²) in [5, 5.41) is 4.08. The molecule has 1 aromatic heterocycles. The van der Waals surface area contributed by atoms with Gasteiger partial charge in [-0.05, 0) is 23.8 Å². The zero-order valence-corrected chi connectivity index (χ0v) is 10.4. The summed E-state index contributed by atoms with van der Waals surface area (Å²) in [5.74, 6) is 0.0444. The van der Waals surface area contributed by atoms with Crippen LogP contribution in [0.2, 0.25) is 0 Å². The molecule has 0 radical (unpaired) electrons. The molecule has 16 heavy (non-hydrogen) atoms. The van der Waals surface area contributed by atoms with E-state index in [9.17, 15) is 4.79 Å². The summed E-state index contributed by atoms with van der Waals surface area (Å²) in [4.78, 5) is 11.8. The second kappa shape index (κ2) is 4.61. The molecule has 0 N–H and O–H groups in total. The predicted molar refractivity (Wildman–Crippen MR) is 65.4 cm³/mol. The van der Waals surface area contributed by atoms with E-state index in [0.29, 0.717) is 12.1 Å². The summed E-state index contributed by atoms with van der Waals surface area (Å²) in [6, 6.07) is 9.47.